The quantitative estimate of drug-likeness (QED) is 0.561. The Hall–Kier alpha value is -0.675. The Balaban J connectivity index is 2.78. The average Bonchev–Trinajstić information content (AvgIpc) is 2.08. The number of aromatic nitrogens is 1. The molecule has 0 aliphatic rings. The predicted molar refractivity (Wildman–Crippen MR) is 51.5 cm³/mol. The summed E-state index contributed by atoms with van der Waals surface area (Å²) in [5, 5.41) is 0. The van der Waals surface area contributed by atoms with Gasteiger partial charge >= 0.3 is 0 Å². The highest BCUT2D eigenvalue weighted by Crippen LogP contribution is 2.14. The summed E-state index contributed by atoms with van der Waals surface area (Å²) >= 11 is 0.850. The number of rotatable bonds is 3. The molecule has 0 atom stereocenters. The lowest BCUT2D eigenvalue weighted by molar-refractivity contribution is 0.368. The summed E-state index contributed by atoms with van der Waals surface area (Å²) in [5.41, 5.74) is 7.55. The molecule has 0 fully saturated rings. The van der Waals surface area contributed by atoms with Crippen molar-refractivity contribution in [1.29, 1.82) is 0 Å². The van der Waals surface area contributed by atoms with Gasteiger partial charge in [0.25, 0.3) is 0 Å². The van der Waals surface area contributed by atoms with Crippen LogP contribution in [0.2, 0.25) is 0 Å². The molecule has 0 aliphatic heterocycles. The first-order valence-corrected chi connectivity index (χ1v) is 4.24. The minimum atomic E-state index is 0.458. The van der Waals surface area contributed by atoms with Gasteiger partial charge in [-0.25, -0.2) is 4.98 Å². The third-order valence-electron chi connectivity index (χ3n) is 1.64. The minimum Gasteiger partial charge on any atom is -0.383 e. The van der Waals surface area contributed by atoms with E-state index in [-0.39, 0.29) is 0 Å². The number of pyridine rings is 1. The first-order valence-electron chi connectivity index (χ1n) is 3.44. The van der Waals surface area contributed by atoms with E-state index in [0.717, 1.165) is 23.0 Å². The summed E-state index contributed by atoms with van der Waals surface area (Å²) in [6, 6.07) is 1.86. The number of hydrogen-bond acceptors (Lipinski definition) is 4. The number of nitrogens with two attached hydrogens (primary N) is 1. The summed E-state index contributed by atoms with van der Waals surface area (Å²) in [7, 11) is 5.11. The first kappa shape index (κ1) is 9.41. The maximum absolute atomic E-state index is 5.59. The van der Waals surface area contributed by atoms with E-state index in [1.165, 1.54) is 0 Å². The molecular formula is C7H9BN2OS. The number of anilines is 1. The molecule has 1 aromatic heterocycles. The number of nitrogens with zero attached hydrogens (tertiary/aromatic N) is 1. The molecule has 1 rings (SSSR count). The van der Waals surface area contributed by atoms with E-state index >= 15 is 0 Å². The van der Waals surface area contributed by atoms with Gasteiger partial charge in [-0.2, -0.15) is 0 Å². The first-order chi connectivity index (χ1) is 5.75. The van der Waals surface area contributed by atoms with Gasteiger partial charge in [-0.05, 0) is 24.1 Å². The van der Waals surface area contributed by atoms with Gasteiger partial charge in [0.15, 0.2) is 0 Å². The summed E-state index contributed by atoms with van der Waals surface area (Å²) in [6.07, 6.45) is 1.65. The Bertz CT molecular complexity index is 270. The summed E-state index contributed by atoms with van der Waals surface area (Å²) in [4.78, 5) is 3.93. The Morgan fingerprint density at radius 3 is 3.17 bits per heavy atom. The largest absolute Gasteiger partial charge is 0.383 e. The fraction of sp³-hybridized carbons (Fsp3) is 0.286. The van der Waals surface area contributed by atoms with Crippen molar-refractivity contribution in [1.82, 2.24) is 4.98 Å². The van der Waals surface area contributed by atoms with Crippen molar-refractivity contribution in [3.05, 3.63) is 23.4 Å². The maximum Gasteiger partial charge on any atom is 0.203 e. The lowest BCUT2D eigenvalue weighted by Gasteiger charge is -2.05. The van der Waals surface area contributed by atoms with Gasteiger partial charge in [0, 0.05) is 6.20 Å². The topological polar surface area (TPSA) is 48.1 Å². The molecule has 0 saturated heterocycles. The molecule has 2 N–H and O–H groups in total. The Morgan fingerprint density at radius 1 is 1.75 bits per heavy atom. The van der Waals surface area contributed by atoms with Crippen molar-refractivity contribution in [2.45, 2.75) is 13.5 Å². The molecule has 12 heavy (non-hydrogen) atoms. The monoisotopic (exact) mass is 180 g/mol. The van der Waals surface area contributed by atoms with Crippen LogP contribution in [-0.2, 0) is 10.8 Å². The third-order valence-corrected chi connectivity index (χ3v) is 1.89. The summed E-state index contributed by atoms with van der Waals surface area (Å²) < 4.78 is 4.97. The molecule has 0 saturated carbocycles. The Kier molecular flexibility index (Phi) is 3.43. The van der Waals surface area contributed by atoms with Crippen molar-refractivity contribution < 1.29 is 4.18 Å². The van der Waals surface area contributed by atoms with E-state index in [4.69, 9.17) is 17.0 Å². The molecule has 0 aromatic carbocycles. The number of nitrogen functional groups attached to an aromatic ring is 1. The van der Waals surface area contributed by atoms with E-state index in [1.807, 2.05) is 13.0 Å². The smallest absolute Gasteiger partial charge is 0.203 e. The van der Waals surface area contributed by atoms with Crippen molar-refractivity contribution in [3.63, 3.8) is 0 Å². The van der Waals surface area contributed by atoms with Crippen LogP contribution in [-0.4, -0.2) is 12.1 Å². The zero-order chi connectivity index (χ0) is 8.97. The molecule has 0 unspecified atom stereocenters. The predicted octanol–water partition coefficient (Wildman–Crippen LogP) is 1.22. The molecule has 2 radical (unpaired) electrons. The second-order valence-electron chi connectivity index (χ2n) is 2.34. The van der Waals surface area contributed by atoms with Crippen molar-refractivity contribution >= 4 is 24.8 Å². The second-order valence-corrected chi connectivity index (χ2v) is 2.77. The van der Waals surface area contributed by atoms with Gasteiger partial charge < -0.3 is 9.92 Å². The van der Waals surface area contributed by atoms with Crippen LogP contribution in [0.15, 0.2) is 12.3 Å². The van der Waals surface area contributed by atoms with Crippen LogP contribution in [0.5, 0.6) is 0 Å². The van der Waals surface area contributed by atoms with Gasteiger partial charge in [-0.15, -0.1) is 0 Å². The van der Waals surface area contributed by atoms with Gasteiger partial charge in [0.1, 0.15) is 5.82 Å². The molecule has 62 valence electrons. The van der Waals surface area contributed by atoms with Crippen LogP contribution in [0.3, 0.4) is 0 Å². The number of hydrogen-bond donors (Lipinski definition) is 1. The molecule has 1 aromatic rings. The Morgan fingerprint density at radius 2 is 2.50 bits per heavy atom. The summed E-state index contributed by atoms with van der Waals surface area (Å²) in [5.74, 6) is 0.540. The van der Waals surface area contributed by atoms with E-state index < -0.39 is 0 Å². The van der Waals surface area contributed by atoms with Crippen LogP contribution in [0.25, 0.3) is 0 Å². The highest BCUT2D eigenvalue weighted by Gasteiger charge is 2.01. The van der Waals surface area contributed by atoms with Gasteiger partial charge in [0.2, 0.25) is 7.12 Å². The summed E-state index contributed by atoms with van der Waals surface area (Å²) in [6.45, 7) is 2.36. The lowest BCUT2D eigenvalue weighted by Crippen LogP contribution is -1.98. The molecule has 5 heteroatoms. The Labute approximate surface area is 77.2 Å². The van der Waals surface area contributed by atoms with E-state index in [9.17, 15) is 0 Å². The van der Waals surface area contributed by atoms with Gasteiger partial charge in [-0.3, -0.25) is 0 Å². The zero-order valence-electron chi connectivity index (χ0n) is 6.78. The molecule has 1 heterocycles. The molecule has 3 nitrogen and oxygen atoms in total. The average molecular weight is 180 g/mol. The van der Waals surface area contributed by atoms with Crippen LogP contribution in [0.1, 0.15) is 11.1 Å². The second kappa shape index (κ2) is 4.38. The van der Waals surface area contributed by atoms with Crippen molar-refractivity contribution in [2.24, 2.45) is 0 Å². The standard InChI is InChI=1S/C7H9BN2OS/c1-5-6(4-11-12-8)2-3-10-7(5)9/h2-3H,4H2,1H3,(H2,9,10). The molecular weight excluding hydrogens is 171 g/mol. The minimum absolute atomic E-state index is 0.458. The molecule has 0 bridgehead atoms. The fourth-order valence-electron chi connectivity index (χ4n) is 0.848. The normalized spacial score (nSPS) is 10.1. The lowest BCUT2D eigenvalue weighted by atomic mass is 10.1. The highest BCUT2D eigenvalue weighted by molar-refractivity contribution is 8.15. The zero-order valence-corrected chi connectivity index (χ0v) is 7.60. The van der Waals surface area contributed by atoms with Crippen LogP contribution < -0.4 is 5.73 Å². The van der Waals surface area contributed by atoms with E-state index in [1.54, 1.807) is 6.20 Å². The van der Waals surface area contributed by atoms with Crippen molar-refractivity contribution in [2.75, 3.05) is 5.73 Å². The van der Waals surface area contributed by atoms with Gasteiger partial charge in [0.05, 0.1) is 6.61 Å². The SMILES string of the molecule is [B]SOCc1ccnc(N)c1C. The fourth-order valence-corrected chi connectivity index (χ4v) is 1.04. The van der Waals surface area contributed by atoms with Crippen molar-refractivity contribution in [3.8, 4) is 0 Å². The molecule has 0 amide bonds. The van der Waals surface area contributed by atoms with Crippen LogP contribution >= 0.6 is 11.9 Å². The third kappa shape index (κ3) is 2.15. The van der Waals surface area contributed by atoms with Crippen LogP contribution in [0, 0.1) is 6.92 Å². The van der Waals surface area contributed by atoms with Gasteiger partial charge in [-0.1, -0.05) is 11.9 Å². The molecule has 0 aliphatic carbocycles. The van der Waals surface area contributed by atoms with E-state index in [2.05, 4.69) is 4.98 Å². The van der Waals surface area contributed by atoms with Crippen LogP contribution in [0.4, 0.5) is 5.82 Å². The van der Waals surface area contributed by atoms with E-state index in [0.29, 0.717) is 12.4 Å². The highest BCUT2D eigenvalue weighted by atomic mass is 32.2. The maximum atomic E-state index is 5.59. The molecule has 0 spiro atoms.